The number of rotatable bonds is 4. The Bertz CT molecular complexity index is 669. The van der Waals surface area contributed by atoms with Crippen molar-refractivity contribution in [2.75, 3.05) is 20.2 Å². The van der Waals surface area contributed by atoms with Gasteiger partial charge in [0.05, 0.1) is 13.0 Å². The van der Waals surface area contributed by atoms with E-state index in [0.29, 0.717) is 0 Å². The fourth-order valence-corrected chi connectivity index (χ4v) is 2.97. The molecule has 1 amide bonds. The molecule has 4 heteroatoms. The van der Waals surface area contributed by atoms with E-state index in [2.05, 4.69) is 29.2 Å². The number of fused-ring (bicyclic) bond motifs is 1. The standard InChI is InChI=1S/C17H20N2O2/c1-21-16-5-4-13-8-12(2-3-14(13)9-16)10-19-7-6-15(11-19)17(18)20/h2-5,8-9,15H,6-7,10-11H2,1H3,(H2,18,20). The summed E-state index contributed by atoms with van der Waals surface area (Å²) in [6, 6.07) is 12.6. The van der Waals surface area contributed by atoms with E-state index in [-0.39, 0.29) is 11.8 Å². The van der Waals surface area contributed by atoms with Crippen molar-refractivity contribution in [3.8, 4) is 5.75 Å². The number of likely N-dealkylation sites (tertiary alicyclic amines) is 1. The summed E-state index contributed by atoms with van der Waals surface area (Å²) < 4.78 is 5.24. The van der Waals surface area contributed by atoms with Crippen molar-refractivity contribution < 1.29 is 9.53 Å². The van der Waals surface area contributed by atoms with Crippen molar-refractivity contribution in [1.82, 2.24) is 4.90 Å². The van der Waals surface area contributed by atoms with Gasteiger partial charge in [-0.15, -0.1) is 0 Å². The van der Waals surface area contributed by atoms with Gasteiger partial charge in [0.2, 0.25) is 5.91 Å². The SMILES string of the molecule is COc1ccc2cc(CN3CCC(C(N)=O)C3)ccc2c1. The molecule has 1 atom stereocenters. The molecule has 0 aliphatic carbocycles. The summed E-state index contributed by atoms with van der Waals surface area (Å²) in [7, 11) is 1.68. The Hall–Kier alpha value is -2.07. The molecule has 21 heavy (non-hydrogen) atoms. The predicted octanol–water partition coefficient (Wildman–Crippen LogP) is 2.16. The molecule has 0 radical (unpaired) electrons. The number of hydrogen-bond acceptors (Lipinski definition) is 3. The number of methoxy groups -OCH3 is 1. The Kier molecular flexibility index (Phi) is 3.80. The zero-order valence-corrected chi connectivity index (χ0v) is 12.2. The molecule has 1 aliphatic heterocycles. The van der Waals surface area contributed by atoms with E-state index in [1.54, 1.807) is 7.11 Å². The molecule has 1 unspecified atom stereocenters. The first-order valence-electron chi connectivity index (χ1n) is 7.24. The number of carbonyl (C=O) groups is 1. The van der Waals surface area contributed by atoms with Gasteiger partial charge >= 0.3 is 0 Å². The lowest BCUT2D eigenvalue weighted by Crippen LogP contribution is -2.27. The molecule has 2 aromatic carbocycles. The summed E-state index contributed by atoms with van der Waals surface area (Å²) in [6.07, 6.45) is 0.875. The summed E-state index contributed by atoms with van der Waals surface area (Å²) in [5.74, 6) is 0.705. The molecule has 1 aliphatic rings. The Morgan fingerprint density at radius 3 is 2.76 bits per heavy atom. The van der Waals surface area contributed by atoms with E-state index in [4.69, 9.17) is 10.5 Å². The lowest BCUT2D eigenvalue weighted by atomic mass is 10.1. The van der Waals surface area contributed by atoms with Crippen molar-refractivity contribution in [3.63, 3.8) is 0 Å². The van der Waals surface area contributed by atoms with Crippen LogP contribution >= 0.6 is 0 Å². The predicted molar refractivity (Wildman–Crippen MR) is 83.1 cm³/mol. The van der Waals surface area contributed by atoms with Crippen LogP contribution in [0.1, 0.15) is 12.0 Å². The number of hydrogen-bond donors (Lipinski definition) is 1. The Morgan fingerprint density at radius 1 is 1.29 bits per heavy atom. The Balaban J connectivity index is 1.74. The molecule has 4 nitrogen and oxygen atoms in total. The molecule has 2 aromatic rings. The van der Waals surface area contributed by atoms with Crippen LogP contribution in [-0.2, 0) is 11.3 Å². The van der Waals surface area contributed by atoms with Gasteiger partial charge in [-0.1, -0.05) is 18.2 Å². The van der Waals surface area contributed by atoms with Crippen LogP contribution in [0.5, 0.6) is 5.75 Å². The highest BCUT2D eigenvalue weighted by atomic mass is 16.5. The average molecular weight is 284 g/mol. The third kappa shape index (κ3) is 3.00. The topological polar surface area (TPSA) is 55.6 Å². The Morgan fingerprint density at radius 2 is 2.05 bits per heavy atom. The smallest absolute Gasteiger partial charge is 0.221 e. The van der Waals surface area contributed by atoms with Crippen molar-refractivity contribution in [2.45, 2.75) is 13.0 Å². The van der Waals surface area contributed by atoms with Gasteiger partial charge in [-0.3, -0.25) is 9.69 Å². The van der Waals surface area contributed by atoms with Gasteiger partial charge in [0, 0.05) is 13.1 Å². The minimum absolute atomic E-state index is 0.00900. The summed E-state index contributed by atoms with van der Waals surface area (Å²) in [5.41, 5.74) is 6.64. The van der Waals surface area contributed by atoms with Gasteiger partial charge in [-0.05, 0) is 47.5 Å². The second kappa shape index (κ2) is 5.74. The van der Waals surface area contributed by atoms with Crippen LogP contribution in [0, 0.1) is 5.92 Å². The lowest BCUT2D eigenvalue weighted by molar-refractivity contribution is -0.121. The van der Waals surface area contributed by atoms with Crippen molar-refractivity contribution in [2.24, 2.45) is 11.7 Å². The van der Waals surface area contributed by atoms with Crippen LogP contribution < -0.4 is 10.5 Å². The maximum absolute atomic E-state index is 11.2. The maximum atomic E-state index is 11.2. The first kappa shape index (κ1) is 13.9. The second-order valence-electron chi connectivity index (χ2n) is 5.67. The zero-order chi connectivity index (χ0) is 14.8. The Labute approximate surface area is 124 Å². The number of nitrogens with zero attached hydrogens (tertiary/aromatic N) is 1. The molecule has 0 aromatic heterocycles. The van der Waals surface area contributed by atoms with Gasteiger partial charge in [0.1, 0.15) is 5.75 Å². The lowest BCUT2D eigenvalue weighted by Gasteiger charge is -2.16. The molecular weight excluding hydrogens is 264 g/mol. The van der Waals surface area contributed by atoms with Crippen molar-refractivity contribution >= 4 is 16.7 Å². The van der Waals surface area contributed by atoms with Crippen LogP contribution in [0.15, 0.2) is 36.4 Å². The first-order chi connectivity index (χ1) is 10.2. The van der Waals surface area contributed by atoms with Crippen molar-refractivity contribution in [3.05, 3.63) is 42.0 Å². The van der Waals surface area contributed by atoms with Crippen LogP contribution in [-0.4, -0.2) is 31.0 Å². The van der Waals surface area contributed by atoms with Gasteiger partial charge in [0.25, 0.3) is 0 Å². The van der Waals surface area contributed by atoms with Crippen LogP contribution in [0.4, 0.5) is 0 Å². The maximum Gasteiger partial charge on any atom is 0.221 e. The number of carbonyl (C=O) groups excluding carboxylic acids is 1. The monoisotopic (exact) mass is 284 g/mol. The molecule has 110 valence electrons. The number of primary amides is 1. The van der Waals surface area contributed by atoms with Gasteiger partial charge in [0.15, 0.2) is 0 Å². The normalized spacial score (nSPS) is 19.0. The van der Waals surface area contributed by atoms with Crippen LogP contribution in [0.3, 0.4) is 0 Å². The van der Waals surface area contributed by atoms with Gasteiger partial charge in [-0.25, -0.2) is 0 Å². The van der Waals surface area contributed by atoms with Gasteiger partial charge < -0.3 is 10.5 Å². The number of benzene rings is 2. The van der Waals surface area contributed by atoms with E-state index in [1.807, 2.05) is 12.1 Å². The summed E-state index contributed by atoms with van der Waals surface area (Å²) in [4.78, 5) is 13.5. The molecule has 1 heterocycles. The number of nitrogens with two attached hydrogens (primary N) is 1. The van der Waals surface area contributed by atoms with E-state index in [1.165, 1.54) is 16.3 Å². The summed E-state index contributed by atoms with van der Waals surface area (Å²) in [6.45, 7) is 2.58. The van der Waals surface area contributed by atoms with Gasteiger partial charge in [-0.2, -0.15) is 0 Å². The highest BCUT2D eigenvalue weighted by Gasteiger charge is 2.26. The third-order valence-electron chi connectivity index (χ3n) is 4.19. The second-order valence-corrected chi connectivity index (χ2v) is 5.67. The molecule has 0 spiro atoms. The number of ether oxygens (including phenoxy) is 1. The van der Waals surface area contributed by atoms with E-state index in [0.717, 1.165) is 31.8 Å². The van der Waals surface area contributed by atoms with Crippen LogP contribution in [0.25, 0.3) is 10.8 Å². The minimum atomic E-state index is -0.178. The molecule has 0 saturated carbocycles. The largest absolute Gasteiger partial charge is 0.497 e. The molecule has 2 N–H and O–H groups in total. The average Bonchev–Trinajstić information content (AvgIpc) is 2.95. The van der Waals surface area contributed by atoms with E-state index in [9.17, 15) is 4.79 Å². The fraction of sp³-hybridized carbons (Fsp3) is 0.353. The quantitative estimate of drug-likeness (QED) is 0.936. The summed E-state index contributed by atoms with van der Waals surface area (Å²) in [5, 5.41) is 2.38. The summed E-state index contributed by atoms with van der Waals surface area (Å²) >= 11 is 0. The zero-order valence-electron chi connectivity index (χ0n) is 12.2. The molecule has 1 fully saturated rings. The molecule has 3 rings (SSSR count). The highest BCUT2D eigenvalue weighted by Crippen LogP contribution is 2.24. The van der Waals surface area contributed by atoms with E-state index >= 15 is 0 Å². The molecular formula is C17H20N2O2. The number of amides is 1. The fourth-order valence-electron chi connectivity index (χ4n) is 2.97. The molecule has 1 saturated heterocycles. The van der Waals surface area contributed by atoms with Crippen molar-refractivity contribution in [1.29, 1.82) is 0 Å². The van der Waals surface area contributed by atoms with E-state index < -0.39 is 0 Å². The third-order valence-corrected chi connectivity index (χ3v) is 4.19. The highest BCUT2D eigenvalue weighted by molar-refractivity contribution is 5.84. The first-order valence-corrected chi connectivity index (χ1v) is 7.24. The molecule has 0 bridgehead atoms. The van der Waals surface area contributed by atoms with Crippen LogP contribution in [0.2, 0.25) is 0 Å². The minimum Gasteiger partial charge on any atom is -0.497 e.